The molecule has 0 fully saturated rings. The third-order valence-corrected chi connectivity index (χ3v) is 2.51. The summed E-state index contributed by atoms with van der Waals surface area (Å²) in [5.41, 5.74) is 1.16. The normalized spacial score (nSPS) is 9.90. The molecule has 1 rings (SSSR count). The first kappa shape index (κ1) is 8.09. The van der Waals surface area contributed by atoms with Crippen molar-refractivity contribution in [3.8, 4) is 0 Å². The Kier molecular flexibility index (Phi) is 2.75. The number of rotatable bonds is 1. The van der Waals surface area contributed by atoms with E-state index >= 15 is 0 Å². The van der Waals surface area contributed by atoms with Gasteiger partial charge in [-0.3, -0.25) is 0 Å². The standard InChI is InChI=1S/C8H7BrCl/c1-2-6-3-4-7(9)8(10)5-6/h3-5H,1-2H2. The second kappa shape index (κ2) is 3.40. The van der Waals surface area contributed by atoms with Crippen LogP contribution in [0, 0.1) is 6.92 Å². The fourth-order valence-corrected chi connectivity index (χ4v) is 1.14. The lowest BCUT2D eigenvalue weighted by Gasteiger charge is -1.97. The maximum Gasteiger partial charge on any atom is 0.0550 e. The predicted octanol–water partition coefficient (Wildman–Crippen LogP) is 3.48. The summed E-state index contributed by atoms with van der Waals surface area (Å²) in [5.74, 6) is 0. The van der Waals surface area contributed by atoms with Crippen molar-refractivity contribution in [3.63, 3.8) is 0 Å². The van der Waals surface area contributed by atoms with E-state index in [0.29, 0.717) is 0 Å². The van der Waals surface area contributed by atoms with Crippen LogP contribution in [0.4, 0.5) is 0 Å². The summed E-state index contributed by atoms with van der Waals surface area (Å²) in [6.45, 7) is 3.75. The molecule has 0 nitrogen and oxygen atoms in total. The zero-order valence-corrected chi connectivity index (χ0v) is 7.74. The second-order valence-electron chi connectivity index (χ2n) is 2.00. The zero-order valence-electron chi connectivity index (χ0n) is 5.40. The van der Waals surface area contributed by atoms with Gasteiger partial charge in [0.05, 0.1) is 5.02 Å². The van der Waals surface area contributed by atoms with Gasteiger partial charge in [0.15, 0.2) is 0 Å². The van der Waals surface area contributed by atoms with Gasteiger partial charge in [0.2, 0.25) is 0 Å². The molecule has 1 aromatic rings. The predicted molar refractivity (Wildman–Crippen MR) is 48.2 cm³/mol. The third-order valence-electron chi connectivity index (χ3n) is 1.27. The lowest BCUT2D eigenvalue weighted by molar-refractivity contribution is 1.27. The Balaban J connectivity index is 3.04. The van der Waals surface area contributed by atoms with Crippen molar-refractivity contribution < 1.29 is 0 Å². The summed E-state index contributed by atoms with van der Waals surface area (Å²) in [7, 11) is 0. The van der Waals surface area contributed by atoms with Crippen molar-refractivity contribution in [2.45, 2.75) is 6.42 Å². The molecule has 0 N–H and O–H groups in total. The smallest absolute Gasteiger partial charge is 0.0550 e. The second-order valence-corrected chi connectivity index (χ2v) is 3.26. The van der Waals surface area contributed by atoms with Gasteiger partial charge in [0.1, 0.15) is 0 Å². The molecule has 0 aromatic heterocycles. The van der Waals surface area contributed by atoms with Crippen LogP contribution < -0.4 is 0 Å². The molecule has 0 bridgehead atoms. The fraction of sp³-hybridized carbons (Fsp3) is 0.125. The van der Waals surface area contributed by atoms with Gasteiger partial charge in [-0.2, -0.15) is 0 Å². The monoisotopic (exact) mass is 217 g/mol. The number of benzene rings is 1. The summed E-state index contributed by atoms with van der Waals surface area (Å²) in [6.07, 6.45) is 0.785. The van der Waals surface area contributed by atoms with Crippen molar-refractivity contribution in [1.82, 2.24) is 0 Å². The molecule has 0 saturated carbocycles. The lowest BCUT2D eigenvalue weighted by Crippen LogP contribution is -1.78. The fourth-order valence-electron chi connectivity index (χ4n) is 0.695. The lowest BCUT2D eigenvalue weighted by atomic mass is 10.2. The first-order valence-corrected chi connectivity index (χ1v) is 4.14. The highest BCUT2D eigenvalue weighted by atomic mass is 79.9. The number of hydrogen-bond donors (Lipinski definition) is 0. The van der Waals surface area contributed by atoms with Gasteiger partial charge in [-0.25, -0.2) is 0 Å². The minimum absolute atomic E-state index is 0.751. The third kappa shape index (κ3) is 1.74. The van der Waals surface area contributed by atoms with Crippen LogP contribution >= 0.6 is 27.5 Å². The molecule has 10 heavy (non-hydrogen) atoms. The summed E-state index contributed by atoms with van der Waals surface area (Å²) in [4.78, 5) is 0. The molecule has 0 saturated heterocycles. The first-order valence-electron chi connectivity index (χ1n) is 2.97. The highest BCUT2D eigenvalue weighted by Crippen LogP contribution is 2.22. The van der Waals surface area contributed by atoms with E-state index in [9.17, 15) is 0 Å². The minimum atomic E-state index is 0.751. The maximum absolute atomic E-state index is 5.82. The van der Waals surface area contributed by atoms with E-state index in [0.717, 1.165) is 21.5 Å². The highest BCUT2D eigenvalue weighted by molar-refractivity contribution is 9.10. The van der Waals surface area contributed by atoms with Crippen molar-refractivity contribution in [2.24, 2.45) is 0 Å². The first-order chi connectivity index (χ1) is 4.74. The average Bonchev–Trinajstić information content (AvgIpc) is 1.95. The molecule has 0 unspecified atom stereocenters. The van der Waals surface area contributed by atoms with Crippen LogP contribution in [0.15, 0.2) is 22.7 Å². The van der Waals surface area contributed by atoms with Gasteiger partial charge >= 0.3 is 0 Å². The molecular weight excluding hydrogens is 211 g/mol. The van der Waals surface area contributed by atoms with Gasteiger partial charge < -0.3 is 0 Å². The molecular formula is C8H7BrCl. The summed E-state index contributed by atoms with van der Waals surface area (Å²) >= 11 is 9.12. The Morgan fingerprint density at radius 2 is 2.20 bits per heavy atom. The van der Waals surface area contributed by atoms with E-state index in [1.54, 1.807) is 0 Å². The van der Waals surface area contributed by atoms with Gasteiger partial charge in [-0.15, -0.1) is 0 Å². The molecule has 0 aliphatic heterocycles. The van der Waals surface area contributed by atoms with E-state index in [4.69, 9.17) is 11.6 Å². The van der Waals surface area contributed by atoms with Gasteiger partial charge in [-0.05, 0) is 47.0 Å². The van der Waals surface area contributed by atoms with Crippen molar-refractivity contribution in [1.29, 1.82) is 0 Å². The number of hydrogen-bond acceptors (Lipinski definition) is 0. The van der Waals surface area contributed by atoms with Gasteiger partial charge in [0, 0.05) is 4.47 Å². The van der Waals surface area contributed by atoms with E-state index in [2.05, 4.69) is 22.9 Å². The zero-order chi connectivity index (χ0) is 7.56. The van der Waals surface area contributed by atoms with Crippen LogP contribution in [-0.2, 0) is 6.42 Å². The SMILES string of the molecule is [CH2]Cc1ccc(Br)c(Cl)c1. The van der Waals surface area contributed by atoms with Crippen molar-refractivity contribution in [2.75, 3.05) is 0 Å². The van der Waals surface area contributed by atoms with Gasteiger partial charge in [-0.1, -0.05) is 17.7 Å². The molecule has 1 radical (unpaired) electrons. The maximum atomic E-state index is 5.82. The molecule has 0 atom stereocenters. The Hall–Kier alpha value is -0.0100. The average molecular weight is 219 g/mol. The molecule has 2 heteroatoms. The van der Waals surface area contributed by atoms with Crippen LogP contribution in [0.1, 0.15) is 5.56 Å². The molecule has 0 aliphatic rings. The van der Waals surface area contributed by atoms with Gasteiger partial charge in [0.25, 0.3) is 0 Å². The topological polar surface area (TPSA) is 0 Å². The van der Waals surface area contributed by atoms with E-state index in [-0.39, 0.29) is 0 Å². The largest absolute Gasteiger partial charge is 0.0831 e. The molecule has 0 heterocycles. The quantitative estimate of drug-likeness (QED) is 0.677. The Morgan fingerprint density at radius 3 is 2.70 bits per heavy atom. The minimum Gasteiger partial charge on any atom is -0.0831 e. The molecule has 0 spiro atoms. The van der Waals surface area contributed by atoms with Crippen molar-refractivity contribution >= 4 is 27.5 Å². The molecule has 1 aromatic carbocycles. The highest BCUT2D eigenvalue weighted by Gasteiger charge is 1.95. The molecule has 0 aliphatic carbocycles. The number of halogens is 2. The van der Waals surface area contributed by atoms with Crippen LogP contribution in [0.25, 0.3) is 0 Å². The summed E-state index contributed by atoms with van der Waals surface area (Å²) in [5, 5.41) is 0.751. The molecule has 53 valence electrons. The Bertz CT molecular complexity index is 233. The van der Waals surface area contributed by atoms with Crippen LogP contribution in [-0.4, -0.2) is 0 Å². The Labute approximate surface area is 74.3 Å². The van der Waals surface area contributed by atoms with E-state index in [1.165, 1.54) is 0 Å². The summed E-state index contributed by atoms with van der Waals surface area (Å²) in [6, 6.07) is 5.85. The van der Waals surface area contributed by atoms with Crippen LogP contribution in [0.5, 0.6) is 0 Å². The molecule has 0 amide bonds. The summed E-state index contributed by atoms with van der Waals surface area (Å²) < 4.78 is 0.936. The van der Waals surface area contributed by atoms with E-state index in [1.807, 2.05) is 18.2 Å². The Morgan fingerprint density at radius 1 is 1.50 bits per heavy atom. The van der Waals surface area contributed by atoms with Crippen LogP contribution in [0.2, 0.25) is 5.02 Å². The van der Waals surface area contributed by atoms with Crippen LogP contribution in [0.3, 0.4) is 0 Å². The van der Waals surface area contributed by atoms with Crippen molar-refractivity contribution in [3.05, 3.63) is 40.2 Å². The van der Waals surface area contributed by atoms with E-state index < -0.39 is 0 Å².